The number of rotatable bonds is 5. The third kappa shape index (κ3) is 4.37. The van der Waals surface area contributed by atoms with Crippen molar-refractivity contribution in [1.82, 2.24) is 9.55 Å². The lowest BCUT2D eigenvalue weighted by atomic mass is 9.82. The van der Waals surface area contributed by atoms with Gasteiger partial charge in [-0.25, -0.2) is 0 Å². The molecule has 0 saturated carbocycles. The van der Waals surface area contributed by atoms with Gasteiger partial charge in [-0.2, -0.15) is 0 Å². The average Bonchev–Trinajstić information content (AvgIpc) is 3.71. The summed E-state index contributed by atoms with van der Waals surface area (Å²) in [6.45, 7) is 2.20. The number of allylic oxidation sites excluding steroid dienone is 4. The Morgan fingerprint density at radius 3 is 2.13 bits per heavy atom. The van der Waals surface area contributed by atoms with Crippen molar-refractivity contribution in [2.45, 2.75) is 6.92 Å². The molecular formula is C50H32N2. The van der Waals surface area contributed by atoms with Crippen LogP contribution in [0.3, 0.4) is 0 Å². The summed E-state index contributed by atoms with van der Waals surface area (Å²) < 4.78 is 2.34. The van der Waals surface area contributed by atoms with Gasteiger partial charge in [0.05, 0.1) is 11.0 Å². The summed E-state index contributed by atoms with van der Waals surface area (Å²) >= 11 is 0. The van der Waals surface area contributed by atoms with Gasteiger partial charge in [0.25, 0.3) is 0 Å². The molecule has 0 bridgehead atoms. The molecule has 2 heterocycles. The molecule has 10 rings (SSSR count). The number of terminal acetylenes is 1. The largest absolute Gasteiger partial charge is 0.309 e. The normalized spacial score (nSPS) is 12.3. The van der Waals surface area contributed by atoms with E-state index < -0.39 is 0 Å². The minimum atomic E-state index is 1.14. The topological polar surface area (TPSA) is 17.8 Å². The fourth-order valence-electron chi connectivity index (χ4n) is 8.59. The number of benzene rings is 7. The van der Waals surface area contributed by atoms with Crippen molar-refractivity contribution in [3.8, 4) is 62.5 Å². The quantitative estimate of drug-likeness (QED) is 0.133. The first kappa shape index (κ1) is 29.9. The van der Waals surface area contributed by atoms with Crippen LogP contribution in [0.5, 0.6) is 0 Å². The van der Waals surface area contributed by atoms with Gasteiger partial charge in [0, 0.05) is 28.9 Å². The summed E-state index contributed by atoms with van der Waals surface area (Å²) in [6.07, 6.45) is 15.4. The smallest absolute Gasteiger partial charge is 0.0571 e. The molecular weight excluding hydrogens is 629 g/mol. The number of pyridine rings is 1. The summed E-state index contributed by atoms with van der Waals surface area (Å²) in [5, 5.41) is 7.36. The minimum Gasteiger partial charge on any atom is -0.309 e. The Bertz CT molecular complexity index is 3010. The van der Waals surface area contributed by atoms with Crippen LogP contribution in [0.1, 0.15) is 12.5 Å². The van der Waals surface area contributed by atoms with E-state index in [-0.39, 0.29) is 0 Å². The number of fused-ring (bicyclic) bond motifs is 7. The highest BCUT2D eigenvalue weighted by Gasteiger charge is 2.31. The highest BCUT2D eigenvalue weighted by atomic mass is 15.0. The second-order valence-corrected chi connectivity index (χ2v) is 13.5. The van der Waals surface area contributed by atoms with Gasteiger partial charge in [-0.15, -0.1) is 6.42 Å². The van der Waals surface area contributed by atoms with E-state index in [0.717, 1.165) is 16.6 Å². The standard InChI is InChI=1S/C50H32N2/c1-3-4-7-15-32(2)46-38-20-12-13-21-39(38)47(33-16-8-5-9-17-33)50-40-23-14-22-37-36(25-26-41(48(37)40)49(46)50)34-24-27-44-42(30-34)43-31-51-29-28-45(43)52(44)35-18-10-6-11-19-35/h1,4-31H,2H3/b7-4-,32-15+. The van der Waals surface area contributed by atoms with Crippen LogP contribution in [-0.4, -0.2) is 9.55 Å². The molecule has 0 atom stereocenters. The Kier molecular flexibility index (Phi) is 6.81. The first-order valence-corrected chi connectivity index (χ1v) is 17.7. The summed E-state index contributed by atoms with van der Waals surface area (Å²) in [5.41, 5.74) is 15.9. The number of hydrogen-bond donors (Lipinski definition) is 0. The van der Waals surface area contributed by atoms with Gasteiger partial charge in [0.2, 0.25) is 0 Å². The Balaban J connectivity index is 1.27. The highest BCUT2D eigenvalue weighted by Crippen LogP contribution is 2.57. The van der Waals surface area contributed by atoms with Crippen molar-refractivity contribution >= 4 is 48.9 Å². The Hall–Kier alpha value is -6.95. The summed E-state index contributed by atoms with van der Waals surface area (Å²) in [4.78, 5) is 4.55. The zero-order valence-corrected chi connectivity index (χ0v) is 28.6. The number of hydrogen-bond acceptors (Lipinski definition) is 1. The summed E-state index contributed by atoms with van der Waals surface area (Å²) in [7, 11) is 0. The first-order valence-electron chi connectivity index (χ1n) is 17.7. The van der Waals surface area contributed by atoms with Gasteiger partial charge in [0.1, 0.15) is 0 Å². The van der Waals surface area contributed by atoms with Crippen LogP contribution < -0.4 is 0 Å². The lowest BCUT2D eigenvalue weighted by Crippen LogP contribution is -1.95. The zero-order chi connectivity index (χ0) is 34.8. The van der Waals surface area contributed by atoms with E-state index >= 15 is 0 Å². The van der Waals surface area contributed by atoms with Crippen molar-refractivity contribution < 1.29 is 0 Å². The monoisotopic (exact) mass is 660 g/mol. The molecule has 0 saturated heterocycles. The van der Waals surface area contributed by atoms with E-state index in [4.69, 9.17) is 6.42 Å². The van der Waals surface area contributed by atoms with E-state index in [0.29, 0.717) is 0 Å². The molecule has 9 aromatic rings. The maximum absolute atomic E-state index is 5.60. The molecule has 2 heteroatoms. The molecule has 0 aliphatic heterocycles. The van der Waals surface area contributed by atoms with Gasteiger partial charge in [-0.3, -0.25) is 4.98 Å². The van der Waals surface area contributed by atoms with E-state index in [2.05, 4.69) is 168 Å². The number of para-hydroxylation sites is 1. The zero-order valence-electron chi connectivity index (χ0n) is 28.6. The molecule has 242 valence electrons. The van der Waals surface area contributed by atoms with Crippen molar-refractivity contribution in [2.75, 3.05) is 0 Å². The predicted octanol–water partition coefficient (Wildman–Crippen LogP) is 13.1. The molecule has 0 spiro atoms. The van der Waals surface area contributed by atoms with E-state index in [1.165, 1.54) is 88.1 Å². The van der Waals surface area contributed by atoms with Crippen molar-refractivity contribution in [3.63, 3.8) is 0 Å². The fourth-order valence-corrected chi connectivity index (χ4v) is 8.59. The van der Waals surface area contributed by atoms with E-state index in [1.54, 1.807) is 6.08 Å². The Morgan fingerprint density at radius 2 is 1.31 bits per heavy atom. The molecule has 1 aliphatic rings. The van der Waals surface area contributed by atoms with E-state index in [9.17, 15) is 0 Å². The molecule has 0 N–H and O–H groups in total. The molecule has 0 fully saturated rings. The Morgan fingerprint density at radius 1 is 0.596 bits per heavy atom. The third-order valence-electron chi connectivity index (χ3n) is 10.7. The van der Waals surface area contributed by atoms with Crippen LogP contribution >= 0.6 is 0 Å². The van der Waals surface area contributed by atoms with Crippen molar-refractivity contribution in [2.24, 2.45) is 0 Å². The minimum absolute atomic E-state index is 1.14. The third-order valence-corrected chi connectivity index (χ3v) is 10.7. The van der Waals surface area contributed by atoms with Gasteiger partial charge < -0.3 is 4.57 Å². The van der Waals surface area contributed by atoms with Crippen LogP contribution in [0.2, 0.25) is 0 Å². The molecule has 1 aliphatic carbocycles. The van der Waals surface area contributed by atoms with Gasteiger partial charge >= 0.3 is 0 Å². The van der Waals surface area contributed by atoms with Crippen LogP contribution in [0.25, 0.3) is 99.1 Å². The van der Waals surface area contributed by atoms with Crippen molar-refractivity contribution in [3.05, 3.63) is 176 Å². The molecule has 2 nitrogen and oxygen atoms in total. The molecule has 2 aromatic heterocycles. The molecule has 0 radical (unpaired) electrons. The van der Waals surface area contributed by atoms with Crippen LogP contribution in [0, 0.1) is 12.3 Å². The van der Waals surface area contributed by atoms with E-state index in [1.807, 2.05) is 18.5 Å². The Labute approximate surface area is 302 Å². The fraction of sp³-hybridized carbons (Fsp3) is 0.0200. The molecule has 0 unspecified atom stereocenters. The molecule has 52 heavy (non-hydrogen) atoms. The van der Waals surface area contributed by atoms with Crippen molar-refractivity contribution in [1.29, 1.82) is 0 Å². The predicted molar refractivity (Wildman–Crippen MR) is 221 cm³/mol. The van der Waals surface area contributed by atoms with Crippen LogP contribution in [-0.2, 0) is 0 Å². The maximum Gasteiger partial charge on any atom is 0.0571 e. The van der Waals surface area contributed by atoms with Gasteiger partial charge in [0.15, 0.2) is 0 Å². The SMILES string of the molecule is C#C/C=C\C=C(/C)c1c2c(c(-c3ccccc3)c3ccccc13)-c1cccc3c(-c4ccc5c(c4)c4cnccc4n5-c4ccccc4)ccc-2c13. The molecule has 7 aromatic carbocycles. The number of aromatic nitrogens is 2. The first-order chi connectivity index (χ1) is 25.7. The van der Waals surface area contributed by atoms with Gasteiger partial charge in [-0.1, -0.05) is 127 Å². The average molecular weight is 661 g/mol. The second-order valence-electron chi connectivity index (χ2n) is 13.5. The highest BCUT2D eigenvalue weighted by molar-refractivity contribution is 6.27. The lowest BCUT2D eigenvalue weighted by Gasteiger charge is -2.20. The molecule has 0 amide bonds. The second kappa shape index (κ2) is 11.8. The maximum atomic E-state index is 5.60. The van der Waals surface area contributed by atoms with Crippen LogP contribution in [0.4, 0.5) is 0 Å². The van der Waals surface area contributed by atoms with Crippen LogP contribution in [0.15, 0.2) is 170 Å². The number of nitrogens with zero attached hydrogens (tertiary/aromatic N) is 2. The van der Waals surface area contributed by atoms with Gasteiger partial charge in [-0.05, 0) is 121 Å². The summed E-state index contributed by atoms with van der Waals surface area (Å²) in [5.74, 6) is 2.65. The lowest BCUT2D eigenvalue weighted by molar-refractivity contribution is 1.17. The summed E-state index contributed by atoms with van der Waals surface area (Å²) in [6, 6.07) is 50.8.